The van der Waals surface area contributed by atoms with Gasteiger partial charge in [0, 0.05) is 12.4 Å². The van der Waals surface area contributed by atoms with Crippen molar-refractivity contribution in [3.63, 3.8) is 0 Å². The maximum absolute atomic E-state index is 14.5. The average Bonchev–Trinajstić information content (AvgIpc) is 3.20. The maximum atomic E-state index is 14.5. The molecule has 208 valence electrons. The molecule has 14 nitrogen and oxygen atoms in total. The lowest BCUT2D eigenvalue weighted by molar-refractivity contribution is -0.141. The van der Waals surface area contributed by atoms with Gasteiger partial charge in [0.25, 0.3) is 0 Å². The van der Waals surface area contributed by atoms with Crippen LogP contribution in [0.25, 0.3) is 0 Å². The number of nitrogen functional groups attached to an aromatic ring is 2. The quantitative estimate of drug-likeness (QED) is 0.230. The first-order chi connectivity index (χ1) is 17.8. The Balaban J connectivity index is 1.30. The molecule has 0 bridgehead atoms. The van der Waals surface area contributed by atoms with E-state index in [0.29, 0.717) is 9.13 Å². The molecule has 6 N–H and O–H groups in total. The van der Waals surface area contributed by atoms with Crippen molar-refractivity contribution in [2.45, 2.75) is 48.7 Å². The summed E-state index contributed by atoms with van der Waals surface area (Å²) >= 11 is 0. The van der Waals surface area contributed by atoms with Crippen LogP contribution in [-0.2, 0) is 18.9 Å². The van der Waals surface area contributed by atoms with Crippen LogP contribution >= 0.6 is 0 Å². The van der Waals surface area contributed by atoms with Crippen molar-refractivity contribution in [3.05, 3.63) is 58.0 Å². The van der Waals surface area contributed by atoms with Gasteiger partial charge in [0.1, 0.15) is 49.6 Å². The van der Waals surface area contributed by atoms with Gasteiger partial charge < -0.3 is 40.6 Å². The number of nitrogens with two attached hydrogens (primary N) is 2. The smallest absolute Gasteiger partial charge is 0.351 e. The number of ether oxygens (including phenoxy) is 4. The molecular weight excluding hydrogens is 528 g/mol. The third kappa shape index (κ3) is 5.02. The van der Waals surface area contributed by atoms with Crippen LogP contribution in [0, 0.1) is 0 Å². The molecule has 2 aliphatic rings. The zero-order chi connectivity index (χ0) is 27.8. The number of halogens is 4. The number of alkyl halides is 4. The minimum absolute atomic E-state index is 0.191. The lowest BCUT2D eigenvalue weighted by Crippen LogP contribution is -2.42. The molecule has 0 aliphatic carbocycles. The molecule has 0 aromatic carbocycles. The van der Waals surface area contributed by atoms with E-state index in [1.807, 2.05) is 0 Å². The number of hydrogen-bond acceptors (Lipinski definition) is 12. The molecule has 18 heteroatoms. The highest BCUT2D eigenvalue weighted by molar-refractivity contribution is 5.24. The highest BCUT2D eigenvalue weighted by Gasteiger charge is 2.61. The van der Waals surface area contributed by atoms with E-state index in [-0.39, 0.29) is 11.6 Å². The first-order valence-corrected chi connectivity index (χ1v) is 10.8. The minimum atomic E-state index is -3.88. The summed E-state index contributed by atoms with van der Waals surface area (Å²) in [4.78, 5) is 30.4. The fourth-order valence-corrected chi connectivity index (χ4v) is 3.80. The number of aliphatic hydroxyl groups is 2. The summed E-state index contributed by atoms with van der Waals surface area (Å²) in [6.45, 7) is -1.22. The van der Waals surface area contributed by atoms with Crippen LogP contribution in [-0.4, -0.2) is 78.8 Å². The van der Waals surface area contributed by atoms with Crippen LogP contribution in [0.15, 0.2) is 46.6 Å². The van der Waals surface area contributed by atoms with Gasteiger partial charge in [-0.3, -0.25) is 9.13 Å². The highest BCUT2D eigenvalue weighted by Crippen LogP contribution is 2.43. The van der Waals surface area contributed by atoms with Crippen molar-refractivity contribution >= 4 is 11.6 Å². The first-order valence-electron chi connectivity index (χ1n) is 10.8. The third-order valence-electron chi connectivity index (χ3n) is 5.74. The molecule has 38 heavy (non-hydrogen) atoms. The molecule has 6 atom stereocenters. The Morgan fingerprint density at radius 1 is 0.842 bits per heavy atom. The minimum Gasteiger partial charge on any atom is -0.495 e. The molecule has 2 aliphatic heterocycles. The van der Waals surface area contributed by atoms with Crippen LogP contribution in [0.3, 0.4) is 0 Å². The van der Waals surface area contributed by atoms with Gasteiger partial charge in [-0.05, 0) is 12.1 Å². The fourth-order valence-electron chi connectivity index (χ4n) is 3.80. The summed E-state index contributed by atoms with van der Waals surface area (Å²) in [6, 6.07) is 2.20. The third-order valence-corrected chi connectivity index (χ3v) is 5.74. The lowest BCUT2D eigenvalue weighted by Gasteiger charge is -2.20. The highest BCUT2D eigenvalue weighted by atomic mass is 19.3. The number of anilines is 2. The topological polar surface area (TPSA) is 199 Å². The predicted molar refractivity (Wildman–Crippen MR) is 117 cm³/mol. The molecule has 0 spiro atoms. The Hall–Kier alpha value is -3.74. The van der Waals surface area contributed by atoms with E-state index in [1.165, 1.54) is 0 Å². The van der Waals surface area contributed by atoms with Crippen molar-refractivity contribution < 1.29 is 46.7 Å². The number of aromatic nitrogens is 4. The number of hydrogen-bond donors (Lipinski definition) is 4. The van der Waals surface area contributed by atoms with Gasteiger partial charge in [-0.25, -0.2) is 9.59 Å². The van der Waals surface area contributed by atoms with Gasteiger partial charge in [0.05, 0.1) is 0 Å². The first kappa shape index (κ1) is 27.3. The Labute approximate surface area is 209 Å². The molecule has 0 unspecified atom stereocenters. The molecule has 2 aromatic rings. The van der Waals surface area contributed by atoms with Gasteiger partial charge in [0.15, 0.2) is 12.2 Å². The van der Waals surface area contributed by atoms with Gasteiger partial charge in [0.2, 0.25) is 12.5 Å². The summed E-state index contributed by atoms with van der Waals surface area (Å²) < 4.78 is 79.1. The molecule has 0 amide bonds. The SMILES string of the molecule is Nc1ccn([C@@H]2O[C@H](CO/C=C\OC[C@H]3O[C@@H](n4ccc(N)nc4=O)C(F)(F)[C@@H]3O)[C@@H](O)C2(F)F)c(=O)n1. The van der Waals surface area contributed by atoms with E-state index >= 15 is 0 Å². The lowest BCUT2D eigenvalue weighted by atomic mass is 10.1. The van der Waals surface area contributed by atoms with Gasteiger partial charge >= 0.3 is 23.2 Å². The Bertz CT molecular complexity index is 1210. The predicted octanol–water partition coefficient (Wildman–Crippen LogP) is -1.04. The number of nitrogens with zero attached hydrogens (tertiary/aromatic N) is 4. The second-order valence-electron chi connectivity index (χ2n) is 8.32. The van der Waals surface area contributed by atoms with E-state index in [0.717, 1.165) is 37.1 Å². The molecule has 2 fully saturated rings. The average molecular weight is 550 g/mol. The summed E-state index contributed by atoms with van der Waals surface area (Å²) in [5, 5.41) is 19.9. The van der Waals surface area contributed by atoms with Crippen molar-refractivity contribution in [3.8, 4) is 0 Å². The summed E-state index contributed by atoms with van der Waals surface area (Å²) in [5.74, 6) is -8.14. The van der Waals surface area contributed by atoms with Gasteiger partial charge in [-0.1, -0.05) is 0 Å². The largest absolute Gasteiger partial charge is 0.495 e. The number of rotatable bonds is 8. The van der Waals surface area contributed by atoms with Crippen molar-refractivity contribution in [1.82, 2.24) is 19.1 Å². The van der Waals surface area contributed by atoms with E-state index < -0.39 is 73.3 Å². The summed E-state index contributed by atoms with van der Waals surface area (Å²) in [6.07, 6.45) is -8.60. The molecule has 0 radical (unpaired) electrons. The Kier molecular flexibility index (Phi) is 7.33. The van der Waals surface area contributed by atoms with Crippen molar-refractivity contribution in [1.29, 1.82) is 0 Å². The van der Waals surface area contributed by atoms with Crippen LogP contribution in [0.2, 0.25) is 0 Å². The monoisotopic (exact) mass is 550 g/mol. The van der Waals surface area contributed by atoms with Gasteiger partial charge in [-0.2, -0.15) is 27.5 Å². The molecule has 2 saturated heterocycles. The molecule has 4 heterocycles. The van der Waals surface area contributed by atoms with E-state index in [1.54, 1.807) is 0 Å². The second-order valence-corrected chi connectivity index (χ2v) is 8.32. The Morgan fingerprint density at radius 2 is 1.21 bits per heavy atom. The molecular formula is C20H22F4N6O8. The molecule has 2 aromatic heterocycles. The van der Waals surface area contributed by atoms with Crippen molar-refractivity contribution in [2.75, 3.05) is 24.7 Å². The second kappa shape index (κ2) is 10.2. The van der Waals surface area contributed by atoms with Crippen LogP contribution < -0.4 is 22.8 Å². The molecule has 0 saturated carbocycles. The maximum Gasteiger partial charge on any atom is 0.351 e. The van der Waals surface area contributed by atoms with E-state index in [2.05, 4.69) is 9.97 Å². The van der Waals surface area contributed by atoms with E-state index in [4.69, 9.17) is 30.4 Å². The fraction of sp³-hybridized carbons (Fsp3) is 0.500. The van der Waals surface area contributed by atoms with Gasteiger partial charge in [-0.15, -0.1) is 0 Å². The normalized spacial score (nSPS) is 30.1. The van der Waals surface area contributed by atoms with Crippen molar-refractivity contribution in [2.24, 2.45) is 0 Å². The zero-order valence-electron chi connectivity index (χ0n) is 19.1. The van der Waals surface area contributed by atoms with Crippen LogP contribution in [0.4, 0.5) is 29.2 Å². The zero-order valence-corrected chi connectivity index (χ0v) is 19.1. The summed E-state index contributed by atoms with van der Waals surface area (Å²) in [5.41, 5.74) is 8.45. The van der Waals surface area contributed by atoms with Crippen LogP contribution in [0.1, 0.15) is 12.5 Å². The standard InChI is InChI=1S/C20H22F4N6O8/c21-19(22)13(31)9(37-15(19)29-3-1-11(25)27-17(29)33)7-35-5-6-36-8-10-14(32)20(23,24)16(38-10)30-4-2-12(26)28-18(30)34/h1-6,9-10,13-16,31-32H,7-8H2,(H2,25,27,33)(H2,26,28,34)/b6-5-/t9-,10-,13-,14-,15-,16-/m1/s1. The van der Waals surface area contributed by atoms with E-state index in [9.17, 15) is 37.4 Å². The Morgan fingerprint density at radius 3 is 1.55 bits per heavy atom. The van der Waals surface area contributed by atoms with Crippen LogP contribution in [0.5, 0.6) is 0 Å². The molecule has 4 rings (SSSR count). The summed E-state index contributed by atoms with van der Waals surface area (Å²) in [7, 11) is 0. The number of aliphatic hydroxyl groups excluding tert-OH is 2.